The van der Waals surface area contributed by atoms with Gasteiger partial charge in [0.2, 0.25) is 10.0 Å². The normalized spacial score (nSPS) is 18.9. The van der Waals surface area contributed by atoms with Crippen molar-refractivity contribution in [2.75, 3.05) is 26.7 Å². The Morgan fingerprint density at radius 1 is 1.50 bits per heavy atom. The Bertz CT molecular complexity index is 656. The third-order valence-corrected chi connectivity index (χ3v) is 5.87. The number of nitrogens with zero attached hydrogens (tertiary/aromatic N) is 2. The van der Waals surface area contributed by atoms with Gasteiger partial charge in [0.25, 0.3) is 5.69 Å². The second kappa shape index (κ2) is 7.69. The molecule has 1 aromatic carbocycles. The largest absolute Gasteiger partial charge is 0.319 e. The molecule has 0 amide bonds. The number of hydrogen-bond acceptors (Lipinski definition) is 5. The van der Waals surface area contributed by atoms with Crippen LogP contribution in [0.15, 0.2) is 27.6 Å². The highest BCUT2D eigenvalue weighted by Crippen LogP contribution is 2.32. The van der Waals surface area contributed by atoms with Crippen LogP contribution in [0.2, 0.25) is 0 Å². The standard InChI is InChI=1S/C12H16BrN3O4S.ClH/c1-14-7-9-4-5-15(8-9)21(19,20)12-6-10(13)2-3-11(12)16(17)18;/h2-3,6,9,14H,4-5,7-8H2,1H3;1H. The minimum Gasteiger partial charge on any atom is -0.319 e. The lowest BCUT2D eigenvalue weighted by Gasteiger charge is -2.16. The monoisotopic (exact) mass is 413 g/mol. The van der Waals surface area contributed by atoms with E-state index in [1.807, 2.05) is 7.05 Å². The van der Waals surface area contributed by atoms with Crippen molar-refractivity contribution < 1.29 is 13.3 Å². The predicted molar refractivity (Wildman–Crippen MR) is 88.8 cm³/mol. The van der Waals surface area contributed by atoms with E-state index in [-0.39, 0.29) is 23.2 Å². The molecule has 1 aliphatic heterocycles. The van der Waals surface area contributed by atoms with Crippen molar-refractivity contribution in [3.05, 3.63) is 32.8 Å². The van der Waals surface area contributed by atoms with E-state index in [1.54, 1.807) is 0 Å². The molecule has 1 aliphatic rings. The van der Waals surface area contributed by atoms with Crippen LogP contribution in [-0.2, 0) is 10.0 Å². The van der Waals surface area contributed by atoms with Gasteiger partial charge in [-0.1, -0.05) is 15.9 Å². The molecule has 7 nitrogen and oxygen atoms in total. The number of sulfonamides is 1. The van der Waals surface area contributed by atoms with E-state index in [0.29, 0.717) is 17.6 Å². The summed E-state index contributed by atoms with van der Waals surface area (Å²) >= 11 is 3.17. The number of nitrogens with one attached hydrogen (secondary N) is 1. The summed E-state index contributed by atoms with van der Waals surface area (Å²) in [6.07, 6.45) is 0.752. The molecule has 1 saturated heterocycles. The molecule has 0 saturated carbocycles. The molecule has 1 heterocycles. The molecule has 1 aromatic rings. The summed E-state index contributed by atoms with van der Waals surface area (Å²) in [5.74, 6) is 0.232. The van der Waals surface area contributed by atoms with Crippen molar-refractivity contribution in [2.24, 2.45) is 5.92 Å². The predicted octanol–water partition coefficient (Wildman–Crippen LogP) is 2.01. The Morgan fingerprint density at radius 2 is 2.18 bits per heavy atom. The molecule has 0 radical (unpaired) electrons. The van der Waals surface area contributed by atoms with Crippen LogP contribution in [0.25, 0.3) is 0 Å². The number of halogens is 2. The average Bonchev–Trinajstić information content (AvgIpc) is 2.88. The number of nitro benzene ring substituents is 1. The molecule has 0 bridgehead atoms. The maximum absolute atomic E-state index is 12.6. The lowest BCUT2D eigenvalue weighted by Crippen LogP contribution is -2.31. The molecule has 1 unspecified atom stereocenters. The zero-order valence-electron chi connectivity index (χ0n) is 11.9. The molecule has 1 atom stereocenters. The first-order valence-electron chi connectivity index (χ1n) is 6.45. The van der Waals surface area contributed by atoms with Crippen molar-refractivity contribution in [3.8, 4) is 0 Å². The van der Waals surface area contributed by atoms with Crippen LogP contribution in [-0.4, -0.2) is 44.3 Å². The molecule has 1 fully saturated rings. The lowest BCUT2D eigenvalue weighted by atomic mass is 10.1. The van der Waals surface area contributed by atoms with Gasteiger partial charge < -0.3 is 5.32 Å². The van der Waals surface area contributed by atoms with Crippen LogP contribution in [0.3, 0.4) is 0 Å². The van der Waals surface area contributed by atoms with Gasteiger partial charge in [0.15, 0.2) is 4.90 Å². The molecule has 0 spiro atoms. The maximum Gasteiger partial charge on any atom is 0.289 e. The van der Waals surface area contributed by atoms with Gasteiger partial charge in [-0.25, -0.2) is 8.42 Å². The number of hydrogen-bond donors (Lipinski definition) is 1. The van der Waals surface area contributed by atoms with Gasteiger partial charge in [0.1, 0.15) is 0 Å². The Labute approximate surface area is 143 Å². The second-order valence-corrected chi connectivity index (χ2v) is 7.77. The summed E-state index contributed by atoms with van der Waals surface area (Å²) < 4.78 is 27.1. The average molecular weight is 415 g/mol. The fourth-order valence-electron chi connectivity index (χ4n) is 2.46. The van der Waals surface area contributed by atoms with Crippen LogP contribution in [0, 0.1) is 16.0 Å². The van der Waals surface area contributed by atoms with Crippen LogP contribution in [0.5, 0.6) is 0 Å². The molecule has 124 valence electrons. The van der Waals surface area contributed by atoms with Crippen molar-refractivity contribution in [3.63, 3.8) is 0 Å². The van der Waals surface area contributed by atoms with Crippen LogP contribution >= 0.6 is 28.3 Å². The molecular weight excluding hydrogens is 398 g/mol. The van der Waals surface area contributed by atoms with Gasteiger partial charge in [0.05, 0.1) is 4.92 Å². The number of rotatable bonds is 5. The van der Waals surface area contributed by atoms with E-state index >= 15 is 0 Å². The van der Waals surface area contributed by atoms with Gasteiger partial charge in [-0.15, -0.1) is 12.4 Å². The fourth-order valence-corrected chi connectivity index (χ4v) is 4.68. The molecule has 0 aromatic heterocycles. The first-order valence-corrected chi connectivity index (χ1v) is 8.68. The Morgan fingerprint density at radius 3 is 2.77 bits per heavy atom. The van der Waals surface area contributed by atoms with E-state index in [1.165, 1.54) is 22.5 Å². The zero-order chi connectivity index (χ0) is 15.6. The summed E-state index contributed by atoms with van der Waals surface area (Å²) in [5, 5.41) is 14.1. The molecular formula is C12H17BrClN3O4S. The maximum atomic E-state index is 12.6. The molecule has 22 heavy (non-hydrogen) atoms. The second-order valence-electron chi connectivity index (χ2n) is 4.94. The first-order chi connectivity index (χ1) is 9.86. The van der Waals surface area contributed by atoms with Gasteiger partial charge in [-0.3, -0.25) is 10.1 Å². The lowest BCUT2D eigenvalue weighted by molar-refractivity contribution is -0.387. The minimum atomic E-state index is -3.85. The third kappa shape index (κ3) is 3.96. The summed E-state index contributed by atoms with van der Waals surface area (Å²) in [4.78, 5) is 10.1. The van der Waals surface area contributed by atoms with Crippen molar-refractivity contribution in [2.45, 2.75) is 11.3 Å². The van der Waals surface area contributed by atoms with Crippen LogP contribution < -0.4 is 5.32 Å². The zero-order valence-corrected chi connectivity index (χ0v) is 15.1. The van der Waals surface area contributed by atoms with Crippen LogP contribution in [0.4, 0.5) is 5.69 Å². The van der Waals surface area contributed by atoms with E-state index in [4.69, 9.17) is 0 Å². The highest BCUT2D eigenvalue weighted by Gasteiger charge is 2.36. The minimum absolute atomic E-state index is 0. The van der Waals surface area contributed by atoms with E-state index in [9.17, 15) is 18.5 Å². The van der Waals surface area contributed by atoms with E-state index in [2.05, 4.69) is 21.2 Å². The Kier molecular flexibility index (Phi) is 6.75. The topological polar surface area (TPSA) is 92.6 Å². The third-order valence-electron chi connectivity index (χ3n) is 3.48. The highest BCUT2D eigenvalue weighted by molar-refractivity contribution is 9.10. The van der Waals surface area contributed by atoms with Gasteiger partial charge in [0, 0.05) is 23.6 Å². The SMILES string of the molecule is CNCC1CCN(S(=O)(=O)c2cc(Br)ccc2[N+](=O)[O-])C1.Cl. The number of nitro groups is 1. The Hall–Kier alpha value is -0.740. The summed E-state index contributed by atoms with van der Waals surface area (Å²) in [6, 6.07) is 3.96. The van der Waals surface area contributed by atoms with Crippen molar-refractivity contribution in [1.82, 2.24) is 9.62 Å². The summed E-state index contributed by atoms with van der Waals surface area (Å²) in [5.41, 5.74) is -0.393. The molecule has 10 heteroatoms. The quantitative estimate of drug-likeness (QED) is 0.588. The molecule has 1 N–H and O–H groups in total. The highest BCUT2D eigenvalue weighted by atomic mass is 79.9. The smallest absolute Gasteiger partial charge is 0.289 e. The van der Waals surface area contributed by atoms with Crippen molar-refractivity contribution >= 4 is 44.0 Å². The summed E-state index contributed by atoms with van der Waals surface area (Å²) in [7, 11) is -2.04. The van der Waals surface area contributed by atoms with Gasteiger partial charge in [-0.05, 0) is 38.1 Å². The van der Waals surface area contributed by atoms with E-state index < -0.39 is 20.6 Å². The fraction of sp³-hybridized carbons (Fsp3) is 0.500. The van der Waals surface area contributed by atoms with E-state index in [0.717, 1.165) is 13.0 Å². The Balaban J connectivity index is 0.00000242. The molecule has 0 aliphatic carbocycles. The first kappa shape index (κ1) is 19.3. The number of benzene rings is 1. The summed E-state index contributed by atoms with van der Waals surface area (Å²) in [6.45, 7) is 1.50. The van der Waals surface area contributed by atoms with Crippen molar-refractivity contribution in [1.29, 1.82) is 0 Å². The molecule has 2 rings (SSSR count). The van der Waals surface area contributed by atoms with Gasteiger partial charge >= 0.3 is 0 Å². The van der Waals surface area contributed by atoms with Gasteiger partial charge in [-0.2, -0.15) is 4.31 Å². The van der Waals surface area contributed by atoms with Crippen LogP contribution in [0.1, 0.15) is 6.42 Å².